The van der Waals surface area contributed by atoms with Gasteiger partial charge in [-0.25, -0.2) is 0 Å². The molecule has 0 unspecified atom stereocenters. The van der Waals surface area contributed by atoms with Gasteiger partial charge in [0.2, 0.25) is 5.91 Å². The lowest BCUT2D eigenvalue weighted by Gasteiger charge is -2.30. The van der Waals surface area contributed by atoms with Crippen molar-refractivity contribution >= 4 is 17.7 Å². The predicted molar refractivity (Wildman–Crippen MR) is 93.6 cm³/mol. The fourth-order valence-corrected chi connectivity index (χ4v) is 2.71. The van der Waals surface area contributed by atoms with Crippen molar-refractivity contribution < 1.29 is 9.53 Å². The average molecular weight is 326 g/mol. The van der Waals surface area contributed by atoms with Crippen molar-refractivity contribution in [3.05, 3.63) is 53.9 Å². The quantitative estimate of drug-likeness (QED) is 0.848. The van der Waals surface area contributed by atoms with Gasteiger partial charge in [-0.3, -0.25) is 9.48 Å². The van der Waals surface area contributed by atoms with E-state index in [2.05, 4.69) is 27.4 Å². The van der Waals surface area contributed by atoms with Crippen molar-refractivity contribution in [1.82, 2.24) is 15.1 Å². The minimum atomic E-state index is -0.115. The number of rotatable bonds is 5. The van der Waals surface area contributed by atoms with Crippen molar-refractivity contribution in [2.45, 2.75) is 6.54 Å². The van der Waals surface area contributed by atoms with Crippen LogP contribution in [-0.4, -0.2) is 42.0 Å². The normalized spacial score (nSPS) is 15.0. The van der Waals surface area contributed by atoms with E-state index in [0.717, 1.165) is 43.1 Å². The molecule has 24 heavy (non-hydrogen) atoms. The predicted octanol–water partition coefficient (Wildman–Crippen LogP) is 1.59. The molecule has 1 aromatic carbocycles. The number of morpholine rings is 1. The maximum atomic E-state index is 12.0. The molecule has 0 bridgehead atoms. The maximum absolute atomic E-state index is 12.0. The van der Waals surface area contributed by atoms with E-state index in [4.69, 9.17) is 4.74 Å². The van der Waals surface area contributed by atoms with Crippen molar-refractivity contribution in [2.24, 2.45) is 7.05 Å². The first-order valence-corrected chi connectivity index (χ1v) is 8.07. The average Bonchev–Trinajstić information content (AvgIpc) is 3.04. The highest BCUT2D eigenvalue weighted by Crippen LogP contribution is 2.21. The summed E-state index contributed by atoms with van der Waals surface area (Å²) in [6.07, 6.45) is 6.87. The zero-order chi connectivity index (χ0) is 16.8. The Bertz CT molecular complexity index is 717. The van der Waals surface area contributed by atoms with Crippen molar-refractivity contribution in [3.63, 3.8) is 0 Å². The molecule has 1 aromatic heterocycles. The molecule has 0 spiro atoms. The van der Waals surface area contributed by atoms with Crippen LogP contribution in [0.25, 0.3) is 6.08 Å². The Hall–Kier alpha value is -2.60. The van der Waals surface area contributed by atoms with Gasteiger partial charge in [0.15, 0.2) is 0 Å². The van der Waals surface area contributed by atoms with E-state index in [-0.39, 0.29) is 5.91 Å². The summed E-state index contributed by atoms with van der Waals surface area (Å²) < 4.78 is 7.11. The zero-order valence-corrected chi connectivity index (χ0v) is 13.8. The van der Waals surface area contributed by atoms with Crippen LogP contribution in [-0.2, 0) is 23.1 Å². The van der Waals surface area contributed by atoms with E-state index in [9.17, 15) is 4.79 Å². The first-order chi connectivity index (χ1) is 11.7. The number of benzene rings is 1. The summed E-state index contributed by atoms with van der Waals surface area (Å²) in [4.78, 5) is 14.3. The van der Waals surface area contributed by atoms with Gasteiger partial charge in [0.1, 0.15) is 0 Å². The molecule has 1 N–H and O–H groups in total. The van der Waals surface area contributed by atoms with E-state index in [1.54, 1.807) is 17.0 Å². The summed E-state index contributed by atoms with van der Waals surface area (Å²) >= 11 is 0. The fourth-order valence-electron chi connectivity index (χ4n) is 2.71. The van der Waals surface area contributed by atoms with E-state index < -0.39 is 0 Å². The molecule has 126 valence electrons. The van der Waals surface area contributed by atoms with Crippen LogP contribution in [0.3, 0.4) is 0 Å². The van der Waals surface area contributed by atoms with Crippen LogP contribution in [0.1, 0.15) is 11.1 Å². The molecule has 0 radical (unpaired) electrons. The Morgan fingerprint density at radius 3 is 2.88 bits per heavy atom. The second kappa shape index (κ2) is 7.79. The molecular weight excluding hydrogens is 304 g/mol. The smallest absolute Gasteiger partial charge is 0.244 e. The van der Waals surface area contributed by atoms with Gasteiger partial charge in [-0.2, -0.15) is 5.10 Å². The number of hydrogen-bond acceptors (Lipinski definition) is 4. The van der Waals surface area contributed by atoms with Crippen LogP contribution in [0.5, 0.6) is 0 Å². The third-order valence-corrected chi connectivity index (χ3v) is 3.95. The van der Waals surface area contributed by atoms with Gasteiger partial charge in [-0.15, -0.1) is 0 Å². The van der Waals surface area contributed by atoms with Crippen LogP contribution in [0.4, 0.5) is 5.69 Å². The summed E-state index contributed by atoms with van der Waals surface area (Å²) in [5.41, 5.74) is 3.18. The van der Waals surface area contributed by atoms with Crippen LogP contribution < -0.4 is 10.2 Å². The summed E-state index contributed by atoms with van der Waals surface area (Å²) in [6, 6.07) is 8.17. The molecule has 1 saturated heterocycles. The number of carbonyl (C=O) groups is 1. The maximum Gasteiger partial charge on any atom is 0.244 e. The number of nitrogens with zero attached hydrogens (tertiary/aromatic N) is 3. The number of hydrogen-bond donors (Lipinski definition) is 1. The topological polar surface area (TPSA) is 59.4 Å². The van der Waals surface area contributed by atoms with Gasteiger partial charge in [0, 0.05) is 50.2 Å². The number of ether oxygens (including phenoxy) is 1. The van der Waals surface area contributed by atoms with Crippen molar-refractivity contribution in [2.75, 3.05) is 31.2 Å². The van der Waals surface area contributed by atoms with Crippen LogP contribution in [0.15, 0.2) is 42.7 Å². The monoisotopic (exact) mass is 326 g/mol. The van der Waals surface area contributed by atoms with Gasteiger partial charge in [-0.1, -0.05) is 18.2 Å². The second-order valence-corrected chi connectivity index (χ2v) is 5.73. The number of para-hydroxylation sites is 1. The summed E-state index contributed by atoms with van der Waals surface area (Å²) in [6.45, 7) is 3.75. The molecule has 2 aromatic rings. The third-order valence-electron chi connectivity index (χ3n) is 3.95. The number of aromatic nitrogens is 2. The third kappa shape index (κ3) is 4.23. The van der Waals surface area contributed by atoms with Gasteiger partial charge in [0.25, 0.3) is 0 Å². The molecule has 6 heteroatoms. The molecule has 0 atom stereocenters. The minimum absolute atomic E-state index is 0.115. The van der Waals surface area contributed by atoms with Gasteiger partial charge in [0.05, 0.1) is 19.4 Å². The summed E-state index contributed by atoms with van der Waals surface area (Å²) in [5, 5.41) is 7.01. The number of anilines is 1. The highest BCUT2D eigenvalue weighted by molar-refractivity contribution is 5.91. The SMILES string of the molecule is Cn1cc(/C=C/C(=O)NCc2ccccc2N2CCOCC2)cn1. The van der Waals surface area contributed by atoms with Crippen LogP contribution in [0, 0.1) is 0 Å². The number of carbonyl (C=O) groups excluding carboxylic acids is 1. The van der Waals surface area contributed by atoms with E-state index in [1.807, 2.05) is 25.4 Å². The molecule has 1 aliphatic heterocycles. The summed E-state index contributed by atoms with van der Waals surface area (Å²) in [5.74, 6) is -0.115. The van der Waals surface area contributed by atoms with E-state index in [0.29, 0.717) is 6.54 Å². The lowest BCUT2D eigenvalue weighted by molar-refractivity contribution is -0.116. The number of amides is 1. The Balaban J connectivity index is 1.60. The molecule has 1 fully saturated rings. The Labute approximate surface area is 141 Å². The molecule has 1 amide bonds. The Kier molecular flexibility index (Phi) is 5.28. The molecule has 6 nitrogen and oxygen atoms in total. The molecule has 2 heterocycles. The van der Waals surface area contributed by atoms with Crippen molar-refractivity contribution in [1.29, 1.82) is 0 Å². The molecule has 0 saturated carbocycles. The lowest BCUT2D eigenvalue weighted by atomic mass is 10.1. The molecule has 1 aliphatic rings. The van der Waals surface area contributed by atoms with Gasteiger partial charge < -0.3 is 15.0 Å². The Morgan fingerprint density at radius 2 is 2.12 bits per heavy atom. The highest BCUT2D eigenvalue weighted by atomic mass is 16.5. The van der Waals surface area contributed by atoms with E-state index in [1.165, 1.54) is 6.08 Å². The Morgan fingerprint density at radius 1 is 1.33 bits per heavy atom. The largest absolute Gasteiger partial charge is 0.378 e. The lowest BCUT2D eigenvalue weighted by Crippen LogP contribution is -2.37. The van der Waals surface area contributed by atoms with Gasteiger partial charge >= 0.3 is 0 Å². The molecular formula is C18H22N4O2. The van der Waals surface area contributed by atoms with Crippen molar-refractivity contribution in [3.8, 4) is 0 Å². The van der Waals surface area contributed by atoms with Crippen LogP contribution in [0.2, 0.25) is 0 Å². The summed E-state index contributed by atoms with van der Waals surface area (Å²) in [7, 11) is 1.85. The minimum Gasteiger partial charge on any atom is -0.378 e. The fraction of sp³-hybridized carbons (Fsp3) is 0.333. The standard InChI is InChI=1S/C18H22N4O2/c1-21-14-15(12-20-21)6-7-18(23)19-13-16-4-2-3-5-17(16)22-8-10-24-11-9-22/h2-7,12,14H,8-11,13H2,1H3,(H,19,23)/b7-6+. The highest BCUT2D eigenvalue weighted by Gasteiger charge is 2.14. The van der Waals surface area contributed by atoms with Gasteiger partial charge in [-0.05, 0) is 17.7 Å². The van der Waals surface area contributed by atoms with E-state index >= 15 is 0 Å². The number of nitrogens with one attached hydrogen (secondary N) is 1. The molecule has 3 rings (SSSR count). The van der Waals surface area contributed by atoms with Crippen LogP contribution >= 0.6 is 0 Å². The number of aryl methyl sites for hydroxylation is 1. The first-order valence-electron chi connectivity index (χ1n) is 8.07. The zero-order valence-electron chi connectivity index (χ0n) is 13.8. The first kappa shape index (κ1) is 16.3. The molecule has 0 aliphatic carbocycles. The second-order valence-electron chi connectivity index (χ2n) is 5.73.